The first kappa shape index (κ1) is 12.7. The number of para-hydroxylation sites is 1. The first-order valence-electron chi connectivity index (χ1n) is 6.43. The van der Waals surface area contributed by atoms with Gasteiger partial charge in [0.15, 0.2) is 0 Å². The highest BCUT2D eigenvalue weighted by Crippen LogP contribution is 2.22. The van der Waals surface area contributed by atoms with Crippen LogP contribution in [0, 0.1) is 0 Å². The molecule has 0 saturated heterocycles. The van der Waals surface area contributed by atoms with Gasteiger partial charge >= 0.3 is 0 Å². The first-order chi connectivity index (χ1) is 8.81. The van der Waals surface area contributed by atoms with E-state index < -0.39 is 0 Å². The SMILES string of the molecule is CC[C@H](NCc1ccccc1)c1ccccc1N. The molecule has 2 heteroatoms. The molecule has 0 bridgehead atoms. The van der Waals surface area contributed by atoms with Crippen LogP contribution in [0.4, 0.5) is 5.69 Å². The number of rotatable bonds is 5. The number of nitrogen functional groups attached to an aromatic ring is 1. The molecule has 0 amide bonds. The highest BCUT2D eigenvalue weighted by atomic mass is 14.9. The summed E-state index contributed by atoms with van der Waals surface area (Å²) in [6.45, 7) is 3.04. The zero-order chi connectivity index (χ0) is 12.8. The summed E-state index contributed by atoms with van der Waals surface area (Å²) < 4.78 is 0. The van der Waals surface area contributed by atoms with Crippen LogP contribution in [0.5, 0.6) is 0 Å². The minimum absolute atomic E-state index is 0.311. The van der Waals surface area contributed by atoms with Gasteiger partial charge in [0.1, 0.15) is 0 Å². The minimum atomic E-state index is 0.311. The summed E-state index contributed by atoms with van der Waals surface area (Å²) >= 11 is 0. The van der Waals surface area contributed by atoms with Gasteiger partial charge in [-0.2, -0.15) is 0 Å². The first-order valence-corrected chi connectivity index (χ1v) is 6.43. The van der Waals surface area contributed by atoms with E-state index in [1.807, 2.05) is 24.3 Å². The van der Waals surface area contributed by atoms with Gasteiger partial charge in [-0.05, 0) is 23.6 Å². The van der Waals surface area contributed by atoms with Gasteiger partial charge in [0.25, 0.3) is 0 Å². The molecule has 0 aliphatic rings. The summed E-state index contributed by atoms with van der Waals surface area (Å²) in [5.74, 6) is 0. The molecule has 94 valence electrons. The third kappa shape index (κ3) is 3.11. The number of nitrogens with two attached hydrogens (primary N) is 1. The van der Waals surface area contributed by atoms with Crippen molar-refractivity contribution in [3.63, 3.8) is 0 Å². The van der Waals surface area contributed by atoms with Crippen molar-refractivity contribution in [1.29, 1.82) is 0 Å². The van der Waals surface area contributed by atoms with Crippen molar-refractivity contribution in [1.82, 2.24) is 5.32 Å². The maximum Gasteiger partial charge on any atom is 0.0362 e. The second kappa shape index (κ2) is 6.22. The van der Waals surface area contributed by atoms with Crippen molar-refractivity contribution in [2.45, 2.75) is 25.9 Å². The van der Waals surface area contributed by atoms with Crippen molar-refractivity contribution in [3.8, 4) is 0 Å². The topological polar surface area (TPSA) is 38.0 Å². The molecule has 2 aromatic carbocycles. The Morgan fingerprint density at radius 3 is 2.33 bits per heavy atom. The Labute approximate surface area is 109 Å². The van der Waals surface area contributed by atoms with Crippen LogP contribution in [0.2, 0.25) is 0 Å². The molecule has 0 saturated carbocycles. The monoisotopic (exact) mass is 240 g/mol. The second-order valence-electron chi connectivity index (χ2n) is 4.46. The molecule has 0 aliphatic carbocycles. The van der Waals surface area contributed by atoms with E-state index in [2.05, 4.69) is 42.6 Å². The second-order valence-corrected chi connectivity index (χ2v) is 4.46. The summed E-state index contributed by atoms with van der Waals surface area (Å²) in [6.07, 6.45) is 1.03. The van der Waals surface area contributed by atoms with Crippen LogP contribution in [0.15, 0.2) is 54.6 Å². The van der Waals surface area contributed by atoms with Crippen molar-refractivity contribution in [2.24, 2.45) is 0 Å². The van der Waals surface area contributed by atoms with Crippen LogP contribution in [-0.4, -0.2) is 0 Å². The molecule has 18 heavy (non-hydrogen) atoms. The average Bonchev–Trinajstić information content (AvgIpc) is 2.42. The lowest BCUT2D eigenvalue weighted by Gasteiger charge is -2.19. The van der Waals surface area contributed by atoms with Gasteiger partial charge in [0, 0.05) is 18.3 Å². The van der Waals surface area contributed by atoms with Crippen LogP contribution in [-0.2, 0) is 6.54 Å². The highest BCUT2D eigenvalue weighted by molar-refractivity contribution is 5.48. The Balaban J connectivity index is 2.04. The van der Waals surface area contributed by atoms with Crippen molar-refractivity contribution in [2.75, 3.05) is 5.73 Å². The van der Waals surface area contributed by atoms with Crippen molar-refractivity contribution in [3.05, 3.63) is 65.7 Å². The van der Waals surface area contributed by atoms with Gasteiger partial charge in [0.2, 0.25) is 0 Å². The third-order valence-electron chi connectivity index (χ3n) is 3.18. The van der Waals surface area contributed by atoms with E-state index in [0.717, 1.165) is 18.7 Å². The molecular weight excluding hydrogens is 220 g/mol. The summed E-state index contributed by atoms with van der Waals surface area (Å²) in [6, 6.07) is 18.8. The molecule has 2 nitrogen and oxygen atoms in total. The van der Waals surface area contributed by atoms with Crippen molar-refractivity contribution >= 4 is 5.69 Å². The van der Waals surface area contributed by atoms with Gasteiger partial charge in [-0.15, -0.1) is 0 Å². The van der Waals surface area contributed by atoms with E-state index in [-0.39, 0.29) is 0 Å². The number of nitrogens with one attached hydrogen (secondary N) is 1. The van der Waals surface area contributed by atoms with Crippen LogP contribution in [0.25, 0.3) is 0 Å². The molecule has 2 rings (SSSR count). The molecule has 0 unspecified atom stereocenters. The molecule has 0 heterocycles. The maximum absolute atomic E-state index is 6.03. The number of hydrogen-bond acceptors (Lipinski definition) is 2. The van der Waals surface area contributed by atoms with Gasteiger partial charge in [-0.3, -0.25) is 0 Å². The molecular formula is C16H20N2. The predicted molar refractivity (Wildman–Crippen MR) is 77.2 cm³/mol. The van der Waals surface area contributed by atoms with Crippen LogP contribution < -0.4 is 11.1 Å². The average molecular weight is 240 g/mol. The molecule has 2 aromatic rings. The van der Waals surface area contributed by atoms with Gasteiger partial charge < -0.3 is 11.1 Å². The zero-order valence-corrected chi connectivity index (χ0v) is 10.8. The van der Waals surface area contributed by atoms with Gasteiger partial charge in [-0.25, -0.2) is 0 Å². The molecule has 0 spiro atoms. The third-order valence-corrected chi connectivity index (χ3v) is 3.18. The van der Waals surface area contributed by atoms with E-state index in [1.165, 1.54) is 11.1 Å². The molecule has 0 aromatic heterocycles. The fraction of sp³-hybridized carbons (Fsp3) is 0.250. The largest absolute Gasteiger partial charge is 0.398 e. The number of benzene rings is 2. The lowest BCUT2D eigenvalue weighted by molar-refractivity contribution is 0.520. The summed E-state index contributed by atoms with van der Waals surface area (Å²) in [7, 11) is 0. The smallest absolute Gasteiger partial charge is 0.0362 e. The van der Waals surface area contributed by atoms with E-state index in [0.29, 0.717) is 6.04 Å². The van der Waals surface area contributed by atoms with Crippen LogP contribution in [0.3, 0.4) is 0 Å². The van der Waals surface area contributed by atoms with Crippen molar-refractivity contribution < 1.29 is 0 Å². The quantitative estimate of drug-likeness (QED) is 0.785. The Morgan fingerprint density at radius 2 is 1.67 bits per heavy atom. The van der Waals surface area contributed by atoms with E-state index in [9.17, 15) is 0 Å². The van der Waals surface area contributed by atoms with Crippen LogP contribution in [0.1, 0.15) is 30.5 Å². The van der Waals surface area contributed by atoms with E-state index in [4.69, 9.17) is 5.73 Å². The minimum Gasteiger partial charge on any atom is -0.398 e. The Bertz CT molecular complexity index is 479. The Kier molecular flexibility index (Phi) is 4.37. The summed E-state index contributed by atoms with van der Waals surface area (Å²) in [4.78, 5) is 0. The lowest BCUT2D eigenvalue weighted by atomic mass is 10.0. The molecule has 0 aliphatic heterocycles. The normalized spacial score (nSPS) is 12.3. The molecule has 0 radical (unpaired) electrons. The fourth-order valence-corrected chi connectivity index (χ4v) is 2.14. The van der Waals surface area contributed by atoms with Gasteiger partial charge in [-0.1, -0.05) is 55.5 Å². The predicted octanol–water partition coefficient (Wildman–Crippen LogP) is 3.51. The fourth-order valence-electron chi connectivity index (χ4n) is 2.14. The Morgan fingerprint density at radius 1 is 1.00 bits per heavy atom. The maximum atomic E-state index is 6.03. The standard InChI is InChI=1S/C16H20N2/c1-2-16(14-10-6-7-11-15(14)17)18-12-13-8-4-3-5-9-13/h3-11,16,18H,2,12,17H2,1H3/t16-/m0/s1. The number of hydrogen-bond donors (Lipinski definition) is 2. The van der Waals surface area contributed by atoms with E-state index in [1.54, 1.807) is 0 Å². The lowest BCUT2D eigenvalue weighted by Crippen LogP contribution is -2.21. The van der Waals surface area contributed by atoms with Crippen LogP contribution >= 0.6 is 0 Å². The number of anilines is 1. The van der Waals surface area contributed by atoms with Gasteiger partial charge in [0.05, 0.1) is 0 Å². The Hall–Kier alpha value is -1.80. The van der Waals surface area contributed by atoms with E-state index >= 15 is 0 Å². The molecule has 1 atom stereocenters. The zero-order valence-electron chi connectivity index (χ0n) is 10.8. The highest BCUT2D eigenvalue weighted by Gasteiger charge is 2.10. The summed E-state index contributed by atoms with van der Waals surface area (Å²) in [5, 5.41) is 3.56. The summed E-state index contributed by atoms with van der Waals surface area (Å²) in [5.41, 5.74) is 9.38. The molecule has 3 N–H and O–H groups in total. The molecule has 0 fully saturated rings.